The zero-order chi connectivity index (χ0) is 16.1. The van der Waals surface area contributed by atoms with E-state index >= 15 is 0 Å². The quantitative estimate of drug-likeness (QED) is 0.745. The van der Waals surface area contributed by atoms with Crippen molar-refractivity contribution >= 4 is 0 Å². The van der Waals surface area contributed by atoms with Gasteiger partial charge in [-0.3, -0.25) is 9.69 Å². The molecule has 0 aliphatic heterocycles. The highest BCUT2D eigenvalue weighted by atomic mass is 16.5. The molecule has 1 aromatic heterocycles. The predicted molar refractivity (Wildman–Crippen MR) is 84.4 cm³/mol. The van der Waals surface area contributed by atoms with Gasteiger partial charge in [-0.1, -0.05) is 0 Å². The summed E-state index contributed by atoms with van der Waals surface area (Å²) in [6, 6.07) is 1.93. The van der Waals surface area contributed by atoms with Crippen molar-refractivity contribution < 1.29 is 14.6 Å². The molecule has 0 spiro atoms. The molecule has 1 aliphatic rings. The summed E-state index contributed by atoms with van der Waals surface area (Å²) in [6.45, 7) is 5.11. The van der Waals surface area contributed by atoms with E-state index in [0.29, 0.717) is 31.5 Å². The minimum absolute atomic E-state index is 0.127. The number of aromatic hydroxyl groups is 1. The highest BCUT2D eigenvalue weighted by molar-refractivity contribution is 5.31. The van der Waals surface area contributed by atoms with Gasteiger partial charge in [-0.15, -0.1) is 0 Å². The molecule has 0 amide bonds. The SMILES string of the molecule is COCCN(CCOC)Cc1c(O)c(=O)cc(C)n1C1CC1. The van der Waals surface area contributed by atoms with Crippen LogP contribution in [0.4, 0.5) is 0 Å². The van der Waals surface area contributed by atoms with Crippen LogP contribution in [0.1, 0.15) is 30.3 Å². The highest BCUT2D eigenvalue weighted by Crippen LogP contribution is 2.38. The van der Waals surface area contributed by atoms with Crippen LogP contribution < -0.4 is 5.43 Å². The maximum absolute atomic E-state index is 11.9. The van der Waals surface area contributed by atoms with Crippen molar-refractivity contribution in [2.75, 3.05) is 40.5 Å². The van der Waals surface area contributed by atoms with E-state index in [9.17, 15) is 9.90 Å². The van der Waals surface area contributed by atoms with Gasteiger partial charge in [-0.25, -0.2) is 0 Å². The number of hydrogen-bond donors (Lipinski definition) is 1. The van der Waals surface area contributed by atoms with E-state index in [-0.39, 0.29) is 11.2 Å². The fourth-order valence-electron chi connectivity index (χ4n) is 2.71. The molecular weight excluding hydrogens is 284 g/mol. The minimum atomic E-state index is -0.303. The van der Waals surface area contributed by atoms with Crippen LogP contribution in [0.5, 0.6) is 5.75 Å². The van der Waals surface area contributed by atoms with E-state index in [2.05, 4.69) is 9.47 Å². The van der Waals surface area contributed by atoms with Crippen molar-refractivity contribution in [2.24, 2.45) is 0 Å². The molecule has 0 radical (unpaired) electrons. The smallest absolute Gasteiger partial charge is 0.223 e. The summed E-state index contributed by atoms with van der Waals surface area (Å²) in [5.74, 6) is -0.127. The molecule has 1 heterocycles. The highest BCUT2D eigenvalue weighted by Gasteiger charge is 2.28. The first-order valence-corrected chi connectivity index (χ1v) is 7.72. The normalized spacial score (nSPS) is 14.7. The molecule has 1 fully saturated rings. The summed E-state index contributed by atoms with van der Waals surface area (Å²) >= 11 is 0. The van der Waals surface area contributed by atoms with E-state index in [1.54, 1.807) is 14.2 Å². The third kappa shape index (κ3) is 4.09. The number of hydrogen-bond acceptors (Lipinski definition) is 5. The molecule has 124 valence electrons. The third-order valence-electron chi connectivity index (χ3n) is 4.03. The second-order valence-electron chi connectivity index (χ2n) is 5.81. The molecule has 2 rings (SSSR count). The minimum Gasteiger partial charge on any atom is -0.503 e. The predicted octanol–water partition coefficient (Wildman–Crippen LogP) is 1.29. The van der Waals surface area contributed by atoms with Crippen molar-refractivity contribution in [3.63, 3.8) is 0 Å². The van der Waals surface area contributed by atoms with E-state index in [0.717, 1.165) is 31.6 Å². The van der Waals surface area contributed by atoms with E-state index in [1.807, 2.05) is 6.92 Å². The zero-order valence-electron chi connectivity index (χ0n) is 13.7. The van der Waals surface area contributed by atoms with Gasteiger partial charge in [0.25, 0.3) is 0 Å². The standard InChI is InChI=1S/C16H26N2O4/c1-12-10-15(19)16(20)14(18(12)13-4-5-13)11-17(6-8-21-2)7-9-22-3/h10,13,20H,4-9,11H2,1-3H3. The third-order valence-corrected chi connectivity index (χ3v) is 4.03. The monoisotopic (exact) mass is 310 g/mol. The maximum Gasteiger partial charge on any atom is 0.223 e. The zero-order valence-corrected chi connectivity index (χ0v) is 13.7. The lowest BCUT2D eigenvalue weighted by molar-refractivity contribution is 0.108. The Morgan fingerprint density at radius 1 is 1.27 bits per heavy atom. The Labute approximate surface area is 131 Å². The molecule has 1 saturated carbocycles. The van der Waals surface area contributed by atoms with Crippen molar-refractivity contribution in [3.05, 3.63) is 27.7 Å². The van der Waals surface area contributed by atoms with Crippen molar-refractivity contribution in [2.45, 2.75) is 32.4 Å². The fraction of sp³-hybridized carbons (Fsp3) is 0.688. The first-order valence-electron chi connectivity index (χ1n) is 7.72. The number of nitrogens with zero attached hydrogens (tertiary/aromatic N) is 2. The van der Waals surface area contributed by atoms with Crippen LogP contribution in [0.3, 0.4) is 0 Å². The van der Waals surface area contributed by atoms with Crippen LogP contribution >= 0.6 is 0 Å². The molecule has 0 saturated heterocycles. The topological polar surface area (TPSA) is 63.9 Å². The van der Waals surface area contributed by atoms with Crippen LogP contribution in [0.2, 0.25) is 0 Å². The van der Waals surface area contributed by atoms with Crippen LogP contribution in [0, 0.1) is 6.92 Å². The number of pyridine rings is 1. The van der Waals surface area contributed by atoms with Gasteiger partial charge in [0.05, 0.1) is 18.9 Å². The van der Waals surface area contributed by atoms with Gasteiger partial charge in [-0.05, 0) is 19.8 Å². The van der Waals surface area contributed by atoms with Crippen molar-refractivity contribution in [1.29, 1.82) is 0 Å². The fourth-order valence-corrected chi connectivity index (χ4v) is 2.71. The molecule has 1 aliphatic carbocycles. The summed E-state index contributed by atoms with van der Waals surface area (Å²) in [5.41, 5.74) is 1.32. The summed E-state index contributed by atoms with van der Waals surface area (Å²) in [6.07, 6.45) is 2.21. The number of ether oxygens (including phenoxy) is 2. The number of rotatable bonds is 9. The number of methoxy groups -OCH3 is 2. The summed E-state index contributed by atoms with van der Waals surface area (Å²) in [4.78, 5) is 14.1. The van der Waals surface area contributed by atoms with Crippen molar-refractivity contribution in [3.8, 4) is 5.75 Å². The second-order valence-corrected chi connectivity index (χ2v) is 5.81. The van der Waals surface area contributed by atoms with E-state index in [4.69, 9.17) is 9.47 Å². The Balaban J connectivity index is 2.26. The summed E-state index contributed by atoms with van der Waals surface area (Å²) < 4.78 is 12.4. The van der Waals surface area contributed by atoms with Gasteiger partial charge in [0.2, 0.25) is 5.43 Å². The summed E-state index contributed by atoms with van der Waals surface area (Å²) in [7, 11) is 3.33. The molecule has 1 N–H and O–H groups in total. The Morgan fingerprint density at radius 3 is 2.36 bits per heavy atom. The molecule has 0 bridgehead atoms. The molecule has 0 atom stereocenters. The molecule has 0 unspecified atom stereocenters. The lowest BCUT2D eigenvalue weighted by Gasteiger charge is -2.25. The van der Waals surface area contributed by atoms with Crippen LogP contribution in [0.25, 0.3) is 0 Å². The molecule has 22 heavy (non-hydrogen) atoms. The van der Waals surface area contributed by atoms with E-state index < -0.39 is 0 Å². The average Bonchev–Trinajstić information content (AvgIpc) is 3.31. The van der Waals surface area contributed by atoms with E-state index in [1.165, 1.54) is 6.07 Å². The van der Waals surface area contributed by atoms with Gasteiger partial charge in [0.1, 0.15) is 0 Å². The Hall–Kier alpha value is -1.37. The molecule has 6 heteroatoms. The number of aryl methyl sites for hydroxylation is 1. The largest absolute Gasteiger partial charge is 0.503 e. The lowest BCUT2D eigenvalue weighted by atomic mass is 10.2. The summed E-state index contributed by atoms with van der Waals surface area (Å²) in [5, 5.41) is 10.3. The van der Waals surface area contributed by atoms with Gasteiger partial charge in [0, 0.05) is 51.7 Å². The maximum atomic E-state index is 11.9. The Bertz CT molecular complexity index is 544. The van der Waals surface area contributed by atoms with Crippen LogP contribution in [-0.2, 0) is 16.0 Å². The average molecular weight is 310 g/mol. The van der Waals surface area contributed by atoms with Crippen LogP contribution in [0.15, 0.2) is 10.9 Å². The molecule has 0 aromatic carbocycles. The van der Waals surface area contributed by atoms with Gasteiger partial charge >= 0.3 is 0 Å². The molecule has 6 nitrogen and oxygen atoms in total. The van der Waals surface area contributed by atoms with Crippen LogP contribution in [-0.4, -0.2) is 55.1 Å². The van der Waals surface area contributed by atoms with Gasteiger partial charge in [0.15, 0.2) is 5.75 Å². The van der Waals surface area contributed by atoms with Gasteiger partial charge in [-0.2, -0.15) is 0 Å². The van der Waals surface area contributed by atoms with Crippen molar-refractivity contribution in [1.82, 2.24) is 9.47 Å². The first kappa shape index (κ1) is 17.0. The molecule has 1 aromatic rings. The van der Waals surface area contributed by atoms with Gasteiger partial charge < -0.3 is 19.1 Å². The Kier molecular flexibility index (Phi) is 5.99. The second kappa shape index (κ2) is 7.76. The number of aromatic nitrogens is 1. The Morgan fingerprint density at radius 2 is 1.86 bits per heavy atom. The molecular formula is C16H26N2O4. The lowest BCUT2D eigenvalue weighted by Crippen LogP contribution is -2.32. The first-order chi connectivity index (χ1) is 10.6.